The first-order valence-corrected chi connectivity index (χ1v) is 3.93. The van der Waals surface area contributed by atoms with Gasteiger partial charge in [0.15, 0.2) is 0 Å². The molecule has 50 valence electrons. The third-order valence-corrected chi connectivity index (χ3v) is 2.07. The molecule has 0 aromatic heterocycles. The van der Waals surface area contributed by atoms with E-state index >= 15 is 0 Å². The summed E-state index contributed by atoms with van der Waals surface area (Å²) in [5.41, 5.74) is 0. The van der Waals surface area contributed by atoms with E-state index in [4.69, 9.17) is 5.11 Å². The molecule has 0 spiro atoms. The number of benzene rings is 1. The van der Waals surface area contributed by atoms with Crippen LogP contribution >= 0.6 is 31.9 Å². The van der Waals surface area contributed by atoms with Gasteiger partial charge in [-0.05, 0) is 34.1 Å². The number of hydrogen-bond acceptors (Lipinski definition) is 1. The first-order valence-electron chi connectivity index (χ1n) is 2.34. The van der Waals surface area contributed by atoms with Gasteiger partial charge in [0.1, 0.15) is 5.75 Å². The van der Waals surface area contributed by atoms with Crippen LogP contribution in [0.15, 0.2) is 27.1 Å². The molecule has 0 aliphatic rings. The normalized spacial score (nSPS) is 8.60. The molecule has 1 aromatic rings. The van der Waals surface area contributed by atoms with Gasteiger partial charge in [0.2, 0.25) is 0 Å². The van der Waals surface area contributed by atoms with Crippen molar-refractivity contribution in [1.29, 1.82) is 0 Å². The third kappa shape index (κ3) is 2.93. The Morgan fingerprint density at radius 2 is 1.90 bits per heavy atom. The Bertz CT molecular complexity index is 232. The van der Waals surface area contributed by atoms with Crippen molar-refractivity contribution in [3.05, 3.63) is 27.1 Å². The van der Waals surface area contributed by atoms with Gasteiger partial charge in [-0.1, -0.05) is 15.9 Å². The molecule has 0 radical (unpaired) electrons. The Kier molecular flexibility index (Phi) is 5.24. The molecule has 10 heavy (non-hydrogen) atoms. The smallest absolute Gasteiger partial charge is 1.00 e. The second kappa shape index (κ2) is 4.78. The van der Waals surface area contributed by atoms with Gasteiger partial charge in [0, 0.05) is 4.47 Å². The Morgan fingerprint density at radius 3 is 2.30 bits per heavy atom. The van der Waals surface area contributed by atoms with Gasteiger partial charge in [-0.2, -0.15) is 0 Å². The zero-order valence-electron chi connectivity index (χ0n) is 6.44. The fourth-order valence-corrected chi connectivity index (χ4v) is 1.08. The van der Waals surface area contributed by atoms with E-state index in [1.54, 1.807) is 12.1 Å². The van der Waals surface area contributed by atoms with Crippen molar-refractivity contribution in [2.45, 2.75) is 0 Å². The Morgan fingerprint density at radius 1 is 1.30 bits per heavy atom. The average molecular weight is 276 g/mol. The van der Waals surface area contributed by atoms with E-state index in [0.29, 0.717) is 4.47 Å². The van der Waals surface area contributed by atoms with Crippen LogP contribution in [0.1, 0.15) is 1.43 Å². The molecule has 1 nitrogen and oxygen atoms in total. The van der Waals surface area contributed by atoms with Crippen molar-refractivity contribution < 1.29 is 36.1 Å². The monoisotopic (exact) mass is 274 g/mol. The number of halogens is 2. The van der Waals surface area contributed by atoms with E-state index in [-0.39, 0.29) is 36.7 Å². The van der Waals surface area contributed by atoms with Crippen molar-refractivity contribution in [2.75, 3.05) is 0 Å². The molecule has 4 heteroatoms. The van der Waals surface area contributed by atoms with Gasteiger partial charge in [-0.3, -0.25) is 0 Å². The molecule has 0 saturated carbocycles. The SMILES string of the molecule is Oc1cc(Br)ccc1Br.[H-].[Na+]. The standard InChI is InChI=1S/C6H4Br2O.Na.H/c7-4-1-2-5(8)6(9)3-4;;/h1-3,9H;;/q;+1;-1. The molecule has 1 rings (SSSR count). The van der Waals surface area contributed by atoms with E-state index in [9.17, 15) is 0 Å². The molecule has 0 atom stereocenters. The quantitative estimate of drug-likeness (QED) is 0.663. The molecule has 1 N–H and O–H groups in total. The molecule has 0 fully saturated rings. The molecule has 0 bridgehead atoms. The van der Waals surface area contributed by atoms with Crippen LogP contribution in [0, 0.1) is 0 Å². The predicted octanol–water partition coefficient (Wildman–Crippen LogP) is 0.0337. The minimum absolute atomic E-state index is 0. The maximum Gasteiger partial charge on any atom is 1.00 e. The summed E-state index contributed by atoms with van der Waals surface area (Å²) in [6.07, 6.45) is 0. The van der Waals surface area contributed by atoms with Gasteiger partial charge in [-0.15, -0.1) is 0 Å². The maximum atomic E-state index is 9.02. The molecule has 0 heterocycles. The summed E-state index contributed by atoms with van der Waals surface area (Å²) in [5.74, 6) is 0.254. The van der Waals surface area contributed by atoms with E-state index < -0.39 is 0 Å². The third-order valence-electron chi connectivity index (χ3n) is 0.908. The Labute approximate surface area is 99.9 Å². The summed E-state index contributed by atoms with van der Waals surface area (Å²) in [6.45, 7) is 0. The minimum atomic E-state index is 0. The van der Waals surface area contributed by atoms with E-state index in [1.807, 2.05) is 6.07 Å². The zero-order chi connectivity index (χ0) is 6.85. The summed E-state index contributed by atoms with van der Waals surface area (Å²) in [6, 6.07) is 5.26. The number of hydrogen-bond donors (Lipinski definition) is 1. The minimum Gasteiger partial charge on any atom is -1.00 e. The summed E-state index contributed by atoms with van der Waals surface area (Å²) in [5, 5.41) is 9.02. The van der Waals surface area contributed by atoms with Crippen molar-refractivity contribution in [2.24, 2.45) is 0 Å². The molecular formula is C6H5Br2NaO. The van der Waals surface area contributed by atoms with Crippen molar-refractivity contribution in [1.82, 2.24) is 0 Å². The molecule has 0 unspecified atom stereocenters. The van der Waals surface area contributed by atoms with Crippen LogP contribution in [-0.4, -0.2) is 5.11 Å². The molecule has 0 amide bonds. The van der Waals surface area contributed by atoms with Gasteiger partial charge in [0.05, 0.1) is 4.47 Å². The first kappa shape index (κ1) is 11.0. The number of phenolic OH excluding ortho intramolecular Hbond substituents is 1. The summed E-state index contributed by atoms with van der Waals surface area (Å²) in [4.78, 5) is 0. The van der Waals surface area contributed by atoms with Gasteiger partial charge >= 0.3 is 29.6 Å². The van der Waals surface area contributed by atoms with Crippen molar-refractivity contribution >= 4 is 31.9 Å². The van der Waals surface area contributed by atoms with E-state index in [0.717, 1.165) is 4.47 Å². The molecule has 0 aliphatic carbocycles. The Balaban J connectivity index is 0. The summed E-state index contributed by atoms with van der Waals surface area (Å²) >= 11 is 6.37. The summed E-state index contributed by atoms with van der Waals surface area (Å²) in [7, 11) is 0. The second-order valence-corrected chi connectivity index (χ2v) is 3.37. The van der Waals surface area contributed by atoms with Gasteiger partial charge in [0.25, 0.3) is 0 Å². The topological polar surface area (TPSA) is 20.2 Å². The fraction of sp³-hybridized carbons (Fsp3) is 0. The number of aromatic hydroxyl groups is 1. The predicted molar refractivity (Wildman–Crippen MR) is 44.6 cm³/mol. The van der Waals surface area contributed by atoms with Gasteiger partial charge in [-0.25, -0.2) is 0 Å². The van der Waals surface area contributed by atoms with Gasteiger partial charge < -0.3 is 6.53 Å². The number of rotatable bonds is 0. The van der Waals surface area contributed by atoms with Crippen LogP contribution in [0.3, 0.4) is 0 Å². The van der Waals surface area contributed by atoms with E-state index in [2.05, 4.69) is 31.9 Å². The van der Waals surface area contributed by atoms with Crippen LogP contribution < -0.4 is 29.6 Å². The van der Waals surface area contributed by atoms with Crippen molar-refractivity contribution in [3.8, 4) is 5.75 Å². The van der Waals surface area contributed by atoms with Crippen LogP contribution in [0.25, 0.3) is 0 Å². The van der Waals surface area contributed by atoms with E-state index in [1.165, 1.54) is 0 Å². The van der Waals surface area contributed by atoms with Crippen molar-refractivity contribution in [3.63, 3.8) is 0 Å². The molecular weight excluding hydrogens is 271 g/mol. The molecule has 1 aromatic carbocycles. The van der Waals surface area contributed by atoms with Crippen LogP contribution in [0.5, 0.6) is 5.75 Å². The first-order chi connectivity index (χ1) is 4.20. The average Bonchev–Trinajstić information content (AvgIpc) is 1.80. The fourth-order valence-electron chi connectivity index (χ4n) is 0.486. The number of phenols is 1. The van der Waals surface area contributed by atoms with Crippen LogP contribution in [0.2, 0.25) is 0 Å². The zero-order valence-corrected chi connectivity index (χ0v) is 10.6. The largest absolute Gasteiger partial charge is 1.00 e. The Hall–Kier alpha value is 0.980. The van der Waals surface area contributed by atoms with Crippen LogP contribution in [-0.2, 0) is 0 Å². The molecule has 0 saturated heterocycles. The second-order valence-electron chi connectivity index (χ2n) is 1.60. The molecule has 0 aliphatic heterocycles. The summed E-state index contributed by atoms with van der Waals surface area (Å²) < 4.78 is 1.59. The van der Waals surface area contributed by atoms with Crippen LogP contribution in [0.4, 0.5) is 0 Å². The maximum absolute atomic E-state index is 9.02.